The number of thiazole rings is 1. The third kappa shape index (κ3) is 3.54. The normalized spacial score (nSPS) is 23.2. The standard InChI is InChI=1S/C12H20N2OS/c1-9-8-16-12(14-9)7-10(13)6-11-4-2-3-5-15-11/h8,10-11H,2-7,13H2,1H3. The molecular weight excluding hydrogens is 220 g/mol. The highest BCUT2D eigenvalue weighted by Crippen LogP contribution is 2.18. The first-order chi connectivity index (χ1) is 7.74. The summed E-state index contributed by atoms with van der Waals surface area (Å²) in [5.41, 5.74) is 7.23. The van der Waals surface area contributed by atoms with Crippen LogP contribution in [0.5, 0.6) is 0 Å². The van der Waals surface area contributed by atoms with Gasteiger partial charge in [0.05, 0.1) is 11.1 Å². The molecule has 90 valence electrons. The number of nitrogens with zero attached hydrogens (tertiary/aromatic N) is 1. The minimum atomic E-state index is 0.189. The van der Waals surface area contributed by atoms with E-state index in [0.29, 0.717) is 6.10 Å². The van der Waals surface area contributed by atoms with Gasteiger partial charge in [-0.05, 0) is 32.6 Å². The number of aryl methyl sites for hydroxylation is 1. The van der Waals surface area contributed by atoms with Crippen molar-refractivity contribution in [3.63, 3.8) is 0 Å². The van der Waals surface area contributed by atoms with Gasteiger partial charge < -0.3 is 10.5 Å². The van der Waals surface area contributed by atoms with Crippen LogP contribution in [0, 0.1) is 6.92 Å². The van der Waals surface area contributed by atoms with Crippen molar-refractivity contribution in [2.24, 2.45) is 5.73 Å². The van der Waals surface area contributed by atoms with Crippen molar-refractivity contribution >= 4 is 11.3 Å². The summed E-state index contributed by atoms with van der Waals surface area (Å²) >= 11 is 1.71. The maximum atomic E-state index is 6.13. The van der Waals surface area contributed by atoms with Crippen LogP contribution in [-0.4, -0.2) is 23.7 Å². The smallest absolute Gasteiger partial charge is 0.0943 e. The molecule has 4 heteroatoms. The Morgan fingerprint density at radius 2 is 2.50 bits per heavy atom. The Kier molecular flexibility index (Phi) is 4.32. The van der Waals surface area contributed by atoms with Gasteiger partial charge >= 0.3 is 0 Å². The number of hydrogen-bond donors (Lipinski definition) is 1. The van der Waals surface area contributed by atoms with Gasteiger partial charge in [-0.15, -0.1) is 11.3 Å². The monoisotopic (exact) mass is 240 g/mol. The minimum absolute atomic E-state index is 0.189. The molecule has 0 radical (unpaired) electrons. The molecule has 1 saturated heterocycles. The SMILES string of the molecule is Cc1csc(CC(N)CC2CCCCO2)n1. The van der Waals surface area contributed by atoms with Gasteiger partial charge in [-0.2, -0.15) is 0 Å². The van der Waals surface area contributed by atoms with E-state index in [-0.39, 0.29) is 6.04 Å². The Bertz CT molecular complexity index is 321. The molecule has 2 unspecified atom stereocenters. The van der Waals surface area contributed by atoms with E-state index < -0.39 is 0 Å². The lowest BCUT2D eigenvalue weighted by Crippen LogP contribution is -2.31. The Balaban J connectivity index is 1.77. The summed E-state index contributed by atoms with van der Waals surface area (Å²) in [6.07, 6.45) is 5.90. The van der Waals surface area contributed by atoms with Crippen LogP contribution in [0.4, 0.5) is 0 Å². The second kappa shape index (κ2) is 5.75. The molecule has 1 fully saturated rings. The molecule has 0 amide bonds. The van der Waals surface area contributed by atoms with E-state index >= 15 is 0 Å². The lowest BCUT2D eigenvalue weighted by Gasteiger charge is -2.24. The summed E-state index contributed by atoms with van der Waals surface area (Å²) in [6, 6.07) is 0.189. The lowest BCUT2D eigenvalue weighted by atomic mass is 10.0. The Labute approximate surface area is 101 Å². The van der Waals surface area contributed by atoms with Gasteiger partial charge in [0.15, 0.2) is 0 Å². The Hall–Kier alpha value is -0.450. The molecule has 1 aromatic heterocycles. The summed E-state index contributed by atoms with van der Waals surface area (Å²) in [6.45, 7) is 2.93. The van der Waals surface area contributed by atoms with Gasteiger partial charge in [-0.1, -0.05) is 0 Å². The van der Waals surface area contributed by atoms with E-state index in [9.17, 15) is 0 Å². The van der Waals surface area contributed by atoms with Gasteiger partial charge in [-0.25, -0.2) is 4.98 Å². The van der Waals surface area contributed by atoms with E-state index in [4.69, 9.17) is 10.5 Å². The zero-order valence-corrected chi connectivity index (χ0v) is 10.6. The molecule has 0 aliphatic carbocycles. The third-order valence-corrected chi connectivity index (χ3v) is 3.93. The summed E-state index contributed by atoms with van der Waals surface area (Å²) in [4.78, 5) is 4.44. The zero-order chi connectivity index (χ0) is 11.4. The first-order valence-corrected chi connectivity index (χ1v) is 6.90. The van der Waals surface area contributed by atoms with Crippen molar-refractivity contribution in [1.29, 1.82) is 0 Å². The highest BCUT2D eigenvalue weighted by molar-refractivity contribution is 7.09. The van der Waals surface area contributed by atoms with Crippen LogP contribution in [0.1, 0.15) is 36.4 Å². The fourth-order valence-corrected chi connectivity index (χ4v) is 3.00. The second-order valence-corrected chi connectivity index (χ2v) is 5.51. The number of aromatic nitrogens is 1. The molecule has 2 heterocycles. The second-order valence-electron chi connectivity index (χ2n) is 4.57. The van der Waals surface area contributed by atoms with Crippen LogP contribution >= 0.6 is 11.3 Å². The topological polar surface area (TPSA) is 48.1 Å². The molecule has 2 N–H and O–H groups in total. The van der Waals surface area contributed by atoms with Crippen molar-refractivity contribution < 1.29 is 4.74 Å². The molecule has 1 aromatic rings. The largest absolute Gasteiger partial charge is 0.378 e. The Morgan fingerprint density at radius 1 is 1.62 bits per heavy atom. The van der Waals surface area contributed by atoms with Gasteiger partial charge in [0, 0.05) is 30.1 Å². The molecule has 0 saturated carbocycles. The van der Waals surface area contributed by atoms with Crippen molar-refractivity contribution in [2.45, 2.75) is 51.2 Å². The summed E-state index contributed by atoms with van der Waals surface area (Å²) in [7, 11) is 0. The molecule has 2 rings (SSSR count). The molecular formula is C12H20N2OS. The first-order valence-electron chi connectivity index (χ1n) is 6.02. The third-order valence-electron chi connectivity index (χ3n) is 2.94. The molecule has 1 aliphatic heterocycles. The fourth-order valence-electron chi connectivity index (χ4n) is 2.14. The van der Waals surface area contributed by atoms with Gasteiger partial charge in [-0.3, -0.25) is 0 Å². The maximum Gasteiger partial charge on any atom is 0.0943 e. The van der Waals surface area contributed by atoms with Crippen molar-refractivity contribution in [2.75, 3.05) is 6.61 Å². The van der Waals surface area contributed by atoms with Crippen LogP contribution in [0.25, 0.3) is 0 Å². The molecule has 0 bridgehead atoms. The Morgan fingerprint density at radius 3 is 3.12 bits per heavy atom. The molecule has 0 aromatic carbocycles. The van der Waals surface area contributed by atoms with Crippen molar-refractivity contribution in [3.8, 4) is 0 Å². The first kappa shape index (κ1) is 12.0. The van der Waals surface area contributed by atoms with Crippen molar-refractivity contribution in [1.82, 2.24) is 4.98 Å². The van der Waals surface area contributed by atoms with E-state index in [1.54, 1.807) is 11.3 Å². The van der Waals surface area contributed by atoms with Crippen LogP contribution < -0.4 is 5.73 Å². The molecule has 1 aliphatic rings. The highest BCUT2D eigenvalue weighted by atomic mass is 32.1. The van der Waals surface area contributed by atoms with Crippen LogP contribution in [0.15, 0.2) is 5.38 Å². The van der Waals surface area contributed by atoms with E-state index in [1.807, 2.05) is 6.92 Å². The molecule has 2 atom stereocenters. The zero-order valence-electron chi connectivity index (χ0n) is 9.82. The van der Waals surface area contributed by atoms with Crippen LogP contribution in [0.3, 0.4) is 0 Å². The maximum absolute atomic E-state index is 6.13. The van der Waals surface area contributed by atoms with E-state index in [1.165, 1.54) is 19.3 Å². The quantitative estimate of drug-likeness (QED) is 0.878. The average Bonchev–Trinajstić information content (AvgIpc) is 2.65. The van der Waals surface area contributed by atoms with Crippen molar-refractivity contribution in [3.05, 3.63) is 16.1 Å². The predicted molar refractivity (Wildman–Crippen MR) is 66.7 cm³/mol. The van der Waals surface area contributed by atoms with Gasteiger partial charge in [0.2, 0.25) is 0 Å². The lowest BCUT2D eigenvalue weighted by molar-refractivity contribution is 0.00747. The van der Waals surface area contributed by atoms with Crippen LogP contribution in [0.2, 0.25) is 0 Å². The van der Waals surface area contributed by atoms with Gasteiger partial charge in [0.25, 0.3) is 0 Å². The number of hydrogen-bond acceptors (Lipinski definition) is 4. The summed E-state index contributed by atoms with van der Waals surface area (Å²) in [5.74, 6) is 0. The number of nitrogens with two attached hydrogens (primary N) is 1. The fraction of sp³-hybridized carbons (Fsp3) is 0.750. The molecule has 0 spiro atoms. The molecule has 3 nitrogen and oxygen atoms in total. The summed E-state index contributed by atoms with van der Waals surface area (Å²) < 4.78 is 5.69. The van der Waals surface area contributed by atoms with E-state index in [2.05, 4.69) is 10.4 Å². The minimum Gasteiger partial charge on any atom is -0.378 e. The predicted octanol–water partition coefficient (Wildman–Crippen LogP) is 2.28. The highest BCUT2D eigenvalue weighted by Gasteiger charge is 2.18. The number of rotatable bonds is 4. The van der Waals surface area contributed by atoms with E-state index in [0.717, 1.165) is 30.2 Å². The number of ether oxygens (including phenoxy) is 1. The summed E-state index contributed by atoms with van der Waals surface area (Å²) in [5, 5.41) is 3.24. The average molecular weight is 240 g/mol. The van der Waals surface area contributed by atoms with Crippen LogP contribution in [-0.2, 0) is 11.2 Å². The molecule has 16 heavy (non-hydrogen) atoms. The van der Waals surface area contributed by atoms with Gasteiger partial charge in [0.1, 0.15) is 0 Å².